The number of hydrogen-bond acceptors (Lipinski definition) is 1. The summed E-state index contributed by atoms with van der Waals surface area (Å²) in [6.45, 7) is 8.20. The van der Waals surface area contributed by atoms with E-state index in [0.29, 0.717) is 0 Å². The monoisotopic (exact) mass is 185 g/mol. The van der Waals surface area contributed by atoms with Gasteiger partial charge in [-0.15, -0.1) is 0 Å². The van der Waals surface area contributed by atoms with Crippen LogP contribution < -0.4 is 0 Å². The molecular weight excluding hydrogens is 160 g/mol. The summed E-state index contributed by atoms with van der Waals surface area (Å²) in [6.07, 6.45) is 7.63. The second kappa shape index (κ2) is 8.55. The predicted molar refractivity (Wildman–Crippen MR) is 58.5 cm³/mol. The average Bonchev–Trinajstić information content (AvgIpc) is 2.12. The van der Waals surface area contributed by atoms with Crippen LogP contribution in [0.25, 0.3) is 0 Å². The highest BCUT2D eigenvalue weighted by Crippen LogP contribution is 2.19. The summed E-state index contributed by atoms with van der Waals surface area (Å²) in [6, 6.07) is 0. The Hall–Kier alpha value is -0.0400. The minimum Gasteiger partial charge on any atom is -0.393 e. The fourth-order valence-corrected chi connectivity index (χ4v) is 1.72. The number of unbranched alkanes of at least 4 members (excludes halogenated alkanes) is 1. The van der Waals surface area contributed by atoms with Gasteiger partial charge in [0.1, 0.15) is 0 Å². The van der Waals surface area contributed by atoms with Gasteiger partial charge >= 0.3 is 0 Å². The van der Waals surface area contributed by atoms with Gasteiger partial charge in [-0.3, -0.25) is 0 Å². The van der Waals surface area contributed by atoms with E-state index in [1.807, 2.05) is 0 Å². The summed E-state index contributed by atoms with van der Waals surface area (Å²) in [7, 11) is 0. The van der Waals surface area contributed by atoms with Crippen molar-refractivity contribution < 1.29 is 5.11 Å². The SMILES string of the molecule is [CH2]CCC(O)CC(CC)CCCC. The van der Waals surface area contributed by atoms with Crippen molar-refractivity contribution in [2.24, 2.45) is 5.92 Å². The molecular formula is C12H25O. The number of aliphatic hydroxyl groups is 1. The molecule has 0 aromatic carbocycles. The molecule has 0 heterocycles. The molecule has 0 aliphatic heterocycles. The Morgan fingerprint density at radius 2 is 1.92 bits per heavy atom. The number of hydrogen-bond donors (Lipinski definition) is 1. The predicted octanol–water partition coefficient (Wildman–Crippen LogP) is 3.57. The molecule has 0 saturated carbocycles. The quantitative estimate of drug-likeness (QED) is 0.613. The Morgan fingerprint density at radius 3 is 2.38 bits per heavy atom. The van der Waals surface area contributed by atoms with E-state index in [4.69, 9.17) is 0 Å². The van der Waals surface area contributed by atoms with Crippen molar-refractivity contribution in [2.75, 3.05) is 0 Å². The highest BCUT2D eigenvalue weighted by atomic mass is 16.3. The van der Waals surface area contributed by atoms with Crippen LogP contribution in [0.4, 0.5) is 0 Å². The van der Waals surface area contributed by atoms with Crippen LogP contribution in [0.3, 0.4) is 0 Å². The Kier molecular flexibility index (Phi) is 8.53. The lowest BCUT2D eigenvalue weighted by Crippen LogP contribution is -2.12. The normalized spacial score (nSPS) is 15.7. The fraction of sp³-hybridized carbons (Fsp3) is 0.917. The van der Waals surface area contributed by atoms with Crippen LogP contribution in [0.1, 0.15) is 58.8 Å². The van der Waals surface area contributed by atoms with Crippen LogP contribution in [0.15, 0.2) is 0 Å². The zero-order valence-electron chi connectivity index (χ0n) is 9.26. The van der Waals surface area contributed by atoms with E-state index in [0.717, 1.165) is 25.2 Å². The van der Waals surface area contributed by atoms with E-state index in [1.165, 1.54) is 25.7 Å². The van der Waals surface area contributed by atoms with Gasteiger partial charge in [0.2, 0.25) is 0 Å². The first-order valence-electron chi connectivity index (χ1n) is 5.71. The summed E-state index contributed by atoms with van der Waals surface area (Å²) in [5, 5.41) is 9.61. The molecule has 0 aromatic rings. The summed E-state index contributed by atoms with van der Waals surface area (Å²) in [5.41, 5.74) is 0. The summed E-state index contributed by atoms with van der Waals surface area (Å²) < 4.78 is 0. The summed E-state index contributed by atoms with van der Waals surface area (Å²) >= 11 is 0. The van der Waals surface area contributed by atoms with Crippen LogP contribution >= 0.6 is 0 Å². The molecule has 0 aliphatic rings. The minimum atomic E-state index is -0.112. The molecule has 0 aliphatic carbocycles. The lowest BCUT2D eigenvalue weighted by molar-refractivity contribution is 0.129. The van der Waals surface area contributed by atoms with Crippen molar-refractivity contribution in [3.8, 4) is 0 Å². The van der Waals surface area contributed by atoms with Gasteiger partial charge in [0.05, 0.1) is 6.10 Å². The molecule has 1 N–H and O–H groups in total. The van der Waals surface area contributed by atoms with Gasteiger partial charge in [0.25, 0.3) is 0 Å². The van der Waals surface area contributed by atoms with Crippen LogP contribution in [-0.4, -0.2) is 11.2 Å². The van der Waals surface area contributed by atoms with Gasteiger partial charge in [0.15, 0.2) is 0 Å². The maximum Gasteiger partial charge on any atom is 0.0542 e. The molecule has 0 aromatic heterocycles. The molecule has 0 spiro atoms. The summed E-state index contributed by atoms with van der Waals surface area (Å²) in [5.74, 6) is 0.724. The maximum absolute atomic E-state index is 9.61. The third-order valence-electron chi connectivity index (χ3n) is 2.69. The Labute approximate surface area is 83.5 Å². The molecule has 2 atom stereocenters. The van der Waals surface area contributed by atoms with E-state index >= 15 is 0 Å². The molecule has 0 rings (SSSR count). The third-order valence-corrected chi connectivity index (χ3v) is 2.69. The van der Waals surface area contributed by atoms with Crippen molar-refractivity contribution >= 4 is 0 Å². The van der Waals surface area contributed by atoms with Gasteiger partial charge in [-0.05, 0) is 18.8 Å². The van der Waals surface area contributed by atoms with Crippen molar-refractivity contribution in [1.29, 1.82) is 0 Å². The summed E-state index contributed by atoms with van der Waals surface area (Å²) in [4.78, 5) is 0. The standard InChI is InChI=1S/C12H25O/c1-4-7-9-11(6-3)10-12(13)8-5-2/h11-13H,2,4-10H2,1,3H3. The first kappa shape index (κ1) is 13.0. The second-order valence-corrected chi connectivity index (χ2v) is 3.95. The second-order valence-electron chi connectivity index (χ2n) is 3.95. The molecule has 1 nitrogen and oxygen atoms in total. The van der Waals surface area contributed by atoms with E-state index in [2.05, 4.69) is 20.8 Å². The lowest BCUT2D eigenvalue weighted by atomic mass is 9.92. The molecule has 2 unspecified atom stereocenters. The van der Waals surface area contributed by atoms with E-state index in [-0.39, 0.29) is 6.10 Å². The van der Waals surface area contributed by atoms with E-state index in [9.17, 15) is 5.11 Å². The van der Waals surface area contributed by atoms with Crippen LogP contribution in [0.5, 0.6) is 0 Å². The zero-order valence-corrected chi connectivity index (χ0v) is 9.26. The zero-order chi connectivity index (χ0) is 10.1. The molecule has 1 heteroatoms. The van der Waals surface area contributed by atoms with Crippen molar-refractivity contribution in [3.05, 3.63) is 6.92 Å². The van der Waals surface area contributed by atoms with Gasteiger partial charge in [-0.1, -0.05) is 52.9 Å². The first-order chi connectivity index (χ1) is 6.24. The molecule has 79 valence electrons. The van der Waals surface area contributed by atoms with Crippen LogP contribution in [0, 0.1) is 12.8 Å². The molecule has 13 heavy (non-hydrogen) atoms. The van der Waals surface area contributed by atoms with Crippen LogP contribution in [-0.2, 0) is 0 Å². The van der Waals surface area contributed by atoms with Crippen molar-refractivity contribution in [1.82, 2.24) is 0 Å². The van der Waals surface area contributed by atoms with Gasteiger partial charge in [0, 0.05) is 0 Å². The number of aliphatic hydroxyl groups excluding tert-OH is 1. The highest BCUT2D eigenvalue weighted by molar-refractivity contribution is 4.64. The lowest BCUT2D eigenvalue weighted by Gasteiger charge is -2.18. The van der Waals surface area contributed by atoms with Crippen LogP contribution in [0.2, 0.25) is 0 Å². The average molecular weight is 185 g/mol. The topological polar surface area (TPSA) is 20.2 Å². The molecule has 1 radical (unpaired) electrons. The highest BCUT2D eigenvalue weighted by Gasteiger charge is 2.11. The van der Waals surface area contributed by atoms with E-state index in [1.54, 1.807) is 0 Å². The van der Waals surface area contributed by atoms with E-state index < -0.39 is 0 Å². The first-order valence-corrected chi connectivity index (χ1v) is 5.71. The number of rotatable bonds is 8. The Bertz CT molecular complexity index is 101. The molecule has 0 bridgehead atoms. The van der Waals surface area contributed by atoms with Gasteiger partial charge < -0.3 is 5.11 Å². The van der Waals surface area contributed by atoms with Crippen molar-refractivity contribution in [3.63, 3.8) is 0 Å². The smallest absolute Gasteiger partial charge is 0.0542 e. The molecule has 0 saturated heterocycles. The fourth-order valence-electron chi connectivity index (χ4n) is 1.72. The van der Waals surface area contributed by atoms with Gasteiger partial charge in [-0.2, -0.15) is 0 Å². The van der Waals surface area contributed by atoms with Gasteiger partial charge in [-0.25, -0.2) is 0 Å². The van der Waals surface area contributed by atoms with Crippen molar-refractivity contribution in [2.45, 2.75) is 64.9 Å². The third kappa shape index (κ3) is 7.06. The molecule has 0 fully saturated rings. The largest absolute Gasteiger partial charge is 0.393 e. The Balaban J connectivity index is 3.56. The minimum absolute atomic E-state index is 0.112. The Morgan fingerprint density at radius 1 is 1.23 bits per heavy atom. The maximum atomic E-state index is 9.61. The molecule has 0 amide bonds.